The minimum Gasteiger partial charge on any atom is -0.463 e. The summed E-state index contributed by atoms with van der Waals surface area (Å²) in [5, 5.41) is 3.09. The second-order valence-electron chi connectivity index (χ2n) is 7.92. The number of hydrogen-bond donors (Lipinski definition) is 2. The Labute approximate surface area is 203 Å². The molecule has 0 unspecified atom stereocenters. The molecule has 1 fully saturated rings. The maximum Gasteiger partial charge on any atom is 0.330 e. The molecule has 1 aliphatic carbocycles. The summed E-state index contributed by atoms with van der Waals surface area (Å²) < 4.78 is 33.9. The molecule has 11 heteroatoms. The van der Waals surface area contributed by atoms with Crippen LogP contribution in [0.2, 0.25) is 5.02 Å². The van der Waals surface area contributed by atoms with Gasteiger partial charge in [-0.25, -0.2) is 23.6 Å². The molecular weight excluding hydrogens is 486 g/mol. The Hall–Kier alpha value is -2.98. The Bertz CT molecular complexity index is 1190. The van der Waals surface area contributed by atoms with Crippen LogP contribution in [-0.2, 0) is 15.1 Å². The van der Waals surface area contributed by atoms with Crippen LogP contribution in [0.1, 0.15) is 29.4 Å². The number of esters is 1. The number of ether oxygens (including phenoxy) is 1. The summed E-state index contributed by atoms with van der Waals surface area (Å²) in [5.74, 6) is -2.20. The van der Waals surface area contributed by atoms with Gasteiger partial charge in [0.25, 0.3) is 5.91 Å². The first kappa shape index (κ1) is 24.2. The number of benzene rings is 1. The molecule has 4 rings (SSSR count). The summed E-state index contributed by atoms with van der Waals surface area (Å²) in [6.07, 6.45) is 4.68. The zero-order valence-corrected chi connectivity index (χ0v) is 19.6. The Morgan fingerprint density at radius 2 is 2.18 bits per heavy atom. The highest BCUT2D eigenvalue weighted by atomic mass is 35.5. The number of hydrogen-bond acceptors (Lipinski definition) is 7. The molecule has 1 aromatic heterocycles. The standard InChI is InChI=1S/C23H21ClF2N4O3S/c1-2-33-19(31)7-8-22-10-18(22)23(12-25,30-21(27)34-22)15-9-14(4-5-16(15)26)29-20(32)17-6-3-13(24)11-28-17/h3-9,11,18H,2,10,12H2,1H3,(H2,27,30)(H,29,32)/b8-7+/t18-,22+,23-/m1/s1. The van der Waals surface area contributed by atoms with Crippen LogP contribution < -0.4 is 11.1 Å². The van der Waals surface area contributed by atoms with Gasteiger partial charge in [0, 0.05) is 34.2 Å². The lowest BCUT2D eigenvalue weighted by molar-refractivity contribution is -0.137. The SMILES string of the molecule is CCOC(=O)/C=C/[C@]12C[C@H]1[C@@](CF)(c1cc(NC(=O)c3ccc(Cl)cn3)ccc1F)N=C(N)S2. The van der Waals surface area contributed by atoms with Gasteiger partial charge < -0.3 is 15.8 Å². The minimum absolute atomic E-state index is 0.0310. The van der Waals surface area contributed by atoms with Crippen molar-refractivity contribution in [2.24, 2.45) is 16.6 Å². The van der Waals surface area contributed by atoms with Crippen molar-refractivity contribution >= 4 is 46.1 Å². The van der Waals surface area contributed by atoms with Gasteiger partial charge in [-0.3, -0.25) is 4.79 Å². The third kappa shape index (κ3) is 4.52. The number of fused-ring (bicyclic) bond motifs is 1. The molecule has 1 aromatic carbocycles. The molecule has 2 aliphatic rings. The van der Waals surface area contributed by atoms with Gasteiger partial charge in [-0.15, -0.1) is 0 Å². The quantitative estimate of drug-likeness (QED) is 0.430. The maximum atomic E-state index is 15.0. The van der Waals surface area contributed by atoms with Crippen LogP contribution in [0.25, 0.3) is 0 Å². The Balaban J connectivity index is 1.65. The van der Waals surface area contributed by atoms with Crippen molar-refractivity contribution in [3.63, 3.8) is 0 Å². The normalized spacial score (nSPS) is 25.4. The lowest BCUT2D eigenvalue weighted by Gasteiger charge is -2.34. The van der Waals surface area contributed by atoms with E-state index in [4.69, 9.17) is 22.1 Å². The predicted octanol–water partition coefficient (Wildman–Crippen LogP) is 4.23. The van der Waals surface area contributed by atoms with Crippen LogP contribution in [-0.4, -0.2) is 40.1 Å². The number of amidine groups is 1. The van der Waals surface area contributed by atoms with E-state index >= 15 is 4.39 Å². The van der Waals surface area contributed by atoms with Crippen molar-refractivity contribution < 1.29 is 23.1 Å². The first-order chi connectivity index (χ1) is 16.2. The van der Waals surface area contributed by atoms with Gasteiger partial charge >= 0.3 is 5.97 Å². The van der Waals surface area contributed by atoms with Crippen LogP contribution in [0.5, 0.6) is 0 Å². The molecule has 2 aromatic rings. The average Bonchev–Trinajstić information content (AvgIpc) is 3.54. The molecule has 1 saturated carbocycles. The van der Waals surface area contributed by atoms with E-state index < -0.39 is 40.6 Å². The topological polar surface area (TPSA) is 107 Å². The fourth-order valence-electron chi connectivity index (χ4n) is 4.14. The fraction of sp³-hybridized carbons (Fsp3) is 0.304. The van der Waals surface area contributed by atoms with Gasteiger partial charge in [0.2, 0.25) is 0 Å². The second kappa shape index (κ2) is 9.34. The van der Waals surface area contributed by atoms with Crippen molar-refractivity contribution in [3.8, 4) is 0 Å². The predicted molar refractivity (Wildman–Crippen MR) is 127 cm³/mol. The zero-order chi connectivity index (χ0) is 24.5. The summed E-state index contributed by atoms with van der Waals surface area (Å²) in [4.78, 5) is 32.6. The molecule has 3 N–H and O–H groups in total. The Morgan fingerprint density at radius 3 is 2.85 bits per heavy atom. The molecule has 1 aliphatic heterocycles. The number of nitrogens with two attached hydrogens (primary N) is 1. The molecule has 34 heavy (non-hydrogen) atoms. The number of carbonyl (C=O) groups excluding carboxylic acids is 2. The molecule has 0 bridgehead atoms. The van der Waals surface area contributed by atoms with E-state index in [0.29, 0.717) is 11.4 Å². The number of amides is 1. The Kier molecular flexibility index (Phi) is 6.64. The number of rotatable bonds is 7. The van der Waals surface area contributed by atoms with Crippen molar-refractivity contribution in [2.75, 3.05) is 18.6 Å². The molecule has 2 heterocycles. The molecule has 178 valence electrons. The average molecular weight is 507 g/mol. The molecule has 7 nitrogen and oxygen atoms in total. The number of nitrogens with one attached hydrogen (secondary N) is 1. The second-order valence-corrected chi connectivity index (χ2v) is 9.74. The van der Waals surface area contributed by atoms with E-state index in [1.54, 1.807) is 13.0 Å². The first-order valence-corrected chi connectivity index (χ1v) is 11.6. The monoisotopic (exact) mass is 506 g/mol. The summed E-state index contributed by atoms with van der Waals surface area (Å²) in [7, 11) is 0. The highest BCUT2D eigenvalue weighted by Crippen LogP contribution is 2.67. The summed E-state index contributed by atoms with van der Waals surface area (Å²) in [6, 6.07) is 6.83. The van der Waals surface area contributed by atoms with E-state index in [0.717, 1.165) is 6.07 Å². The van der Waals surface area contributed by atoms with Crippen LogP contribution in [0.4, 0.5) is 14.5 Å². The van der Waals surface area contributed by atoms with Gasteiger partial charge in [0.15, 0.2) is 5.17 Å². The van der Waals surface area contributed by atoms with Gasteiger partial charge in [-0.2, -0.15) is 0 Å². The summed E-state index contributed by atoms with van der Waals surface area (Å²) in [5.41, 5.74) is 4.75. The van der Waals surface area contributed by atoms with Gasteiger partial charge in [0.1, 0.15) is 23.7 Å². The summed E-state index contributed by atoms with van der Waals surface area (Å²) in [6.45, 7) is 0.899. The number of nitrogens with zero attached hydrogens (tertiary/aromatic N) is 2. The van der Waals surface area contributed by atoms with E-state index in [2.05, 4.69) is 15.3 Å². The van der Waals surface area contributed by atoms with Crippen molar-refractivity contribution in [2.45, 2.75) is 23.6 Å². The van der Waals surface area contributed by atoms with Gasteiger partial charge in [-0.1, -0.05) is 29.4 Å². The van der Waals surface area contributed by atoms with Crippen LogP contribution in [0.15, 0.2) is 53.7 Å². The number of halogens is 3. The first-order valence-electron chi connectivity index (χ1n) is 10.4. The summed E-state index contributed by atoms with van der Waals surface area (Å²) >= 11 is 7.01. The molecule has 1 amide bonds. The zero-order valence-electron chi connectivity index (χ0n) is 18.1. The lowest BCUT2D eigenvalue weighted by atomic mass is 9.84. The molecule has 0 saturated heterocycles. The van der Waals surface area contributed by atoms with E-state index in [1.807, 2.05) is 0 Å². The van der Waals surface area contributed by atoms with E-state index in [1.165, 1.54) is 48.3 Å². The highest BCUT2D eigenvalue weighted by molar-refractivity contribution is 8.15. The largest absolute Gasteiger partial charge is 0.463 e. The van der Waals surface area contributed by atoms with Crippen LogP contribution in [0.3, 0.4) is 0 Å². The van der Waals surface area contributed by atoms with Crippen molar-refractivity contribution in [3.05, 3.63) is 70.8 Å². The van der Waals surface area contributed by atoms with Crippen molar-refractivity contribution in [1.82, 2.24) is 4.98 Å². The fourth-order valence-corrected chi connectivity index (χ4v) is 5.57. The number of aromatic nitrogens is 1. The molecule has 0 spiro atoms. The third-order valence-electron chi connectivity index (χ3n) is 5.78. The minimum atomic E-state index is -1.60. The van der Waals surface area contributed by atoms with E-state index in [9.17, 15) is 14.0 Å². The van der Waals surface area contributed by atoms with Gasteiger partial charge in [-0.05, 0) is 43.7 Å². The van der Waals surface area contributed by atoms with Gasteiger partial charge in [0.05, 0.1) is 11.6 Å². The number of pyridine rings is 1. The number of thioether (sulfide) groups is 1. The third-order valence-corrected chi connectivity index (χ3v) is 7.27. The maximum absolute atomic E-state index is 15.0. The molecule has 0 radical (unpaired) electrons. The highest BCUT2D eigenvalue weighted by Gasteiger charge is 2.67. The van der Waals surface area contributed by atoms with Crippen LogP contribution in [0, 0.1) is 11.7 Å². The van der Waals surface area contributed by atoms with Crippen molar-refractivity contribution in [1.29, 1.82) is 0 Å². The Morgan fingerprint density at radius 1 is 1.38 bits per heavy atom. The lowest BCUT2D eigenvalue weighted by Crippen LogP contribution is -2.39. The number of anilines is 1. The van der Waals surface area contributed by atoms with Crippen LogP contribution >= 0.6 is 23.4 Å². The number of alkyl halides is 1. The number of carbonyl (C=O) groups is 2. The van der Waals surface area contributed by atoms with E-state index in [-0.39, 0.29) is 28.7 Å². The molecule has 3 atom stereocenters. The smallest absolute Gasteiger partial charge is 0.330 e. The molecular formula is C23H21ClF2N4O3S. The number of aliphatic imine (C=N–C) groups is 1.